The zero-order chi connectivity index (χ0) is 14.7. The molecule has 0 amide bonds. The van der Waals surface area contributed by atoms with E-state index < -0.39 is 0 Å². The van der Waals surface area contributed by atoms with Crippen LogP contribution in [0.25, 0.3) is 0 Å². The van der Waals surface area contributed by atoms with Gasteiger partial charge in [0.1, 0.15) is 5.75 Å². The van der Waals surface area contributed by atoms with Crippen LogP contribution in [0.1, 0.15) is 36.6 Å². The molecule has 1 aromatic heterocycles. The third-order valence-electron chi connectivity index (χ3n) is 3.69. The highest BCUT2D eigenvalue weighted by atomic mass is 16.5. The molecule has 1 N–H and O–H groups in total. The van der Waals surface area contributed by atoms with Crippen molar-refractivity contribution in [1.29, 1.82) is 0 Å². The van der Waals surface area contributed by atoms with Crippen molar-refractivity contribution in [3.63, 3.8) is 0 Å². The van der Waals surface area contributed by atoms with Crippen LogP contribution in [0.5, 0.6) is 11.6 Å². The van der Waals surface area contributed by atoms with Crippen LogP contribution in [0.2, 0.25) is 0 Å². The second-order valence-electron chi connectivity index (χ2n) is 5.71. The van der Waals surface area contributed by atoms with E-state index in [1.165, 1.54) is 24.0 Å². The van der Waals surface area contributed by atoms with Gasteiger partial charge < -0.3 is 10.1 Å². The molecule has 0 radical (unpaired) electrons. The summed E-state index contributed by atoms with van der Waals surface area (Å²) in [5.74, 6) is 1.53. The molecule has 0 atom stereocenters. The molecular formula is C18H22N2O. The molecule has 2 aromatic rings. The van der Waals surface area contributed by atoms with Crippen molar-refractivity contribution in [3.05, 3.63) is 53.2 Å². The molecule has 0 bridgehead atoms. The molecule has 110 valence electrons. The van der Waals surface area contributed by atoms with E-state index in [0.717, 1.165) is 24.4 Å². The summed E-state index contributed by atoms with van der Waals surface area (Å²) >= 11 is 0. The molecular weight excluding hydrogens is 260 g/mol. The highest BCUT2D eigenvalue weighted by Crippen LogP contribution is 2.23. The van der Waals surface area contributed by atoms with Gasteiger partial charge in [0.15, 0.2) is 0 Å². The summed E-state index contributed by atoms with van der Waals surface area (Å²) in [6.07, 6.45) is 3.61. The first-order valence-electron chi connectivity index (χ1n) is 7.70. The molecule has 0 aliphatic heterocycles. The summed E-state index contributed by atoms with van der Waals surface area (Å²) in [6, 6.07) is 13.0. The van der Waals surface area contributed by atoms with Gasteiger partial charge in [0.05, 0.1) is 0 Å². The largest absolute Gasteiger partial charge is 0.439 e. The van der Waals surface area contributed by atoms with Crippen LogP contribution in [-0.4, -0.2) is 11.0 Å². The molecule has 1 saturated carbocycles. The first-order valence-corrected chi connectivity index (χ1v) is 7.70. The summed E-state index contributed by atoms with van der Waals surface area (Å²) in [5.41, 5.74) is 3.50. The molecule has 1 aliphatic rings. The standard InChI is InChI=1S/C18H22N2O/c1-3-14-5-4-6-17(10-14)21-18-11-15(9-13(2)20-18)12-19-16-7-8-16/h4-6,9-11,16,19H,3,7-8,12H2,1-2H3. The topological polar surface area (TPSA) is 34.1 Å². The second-order valence-corrected chi connectivity index (χ2v) is 5.71. The van der Waals surface area contributed by atoms with Gasteiger partial charge in [0.2, 0.25) is 5.88 Å². The Labute approximate surface area is 126 Å². The van der Waals surface area contributed by atoms with Crippen LogP contribution in [0.4, 0.5) is 0 Å². The molecule has 1 aromatic carbocycles. The Morgan fingerprint density at radius 1 is 1.19 bits per heavy atom. The van der Waals surface area contributed by atoms with Crippen molar-refractivity contribution in [2.24, 2.45) is 0 Å². The van der Waals surface area contributed by atoms with Crippen LogP contribution >= 0.6 is 0 Å². The quantitative estimate of drug-likeness (QED) is 0.869. The Morgan fingerprint density at radius 3 is 2.81 bits per heavy atom. The van der Waals surface area contributed by atoms with Gasteiger partial charge in [-0.15, -0.1) is 0 Å². The number of ether oxygens (including phenoxy) is 1. The highest BCUT2D eigenvalue weighted by Gasteiger charge is 2.20. The number of hydrogen-bond acceptors (Lipinski definition) is 3. The molecule has 0 spiro atoms. The lowest BCUT2D eigenvalue weighted by molar-refractivity contribution is 0.459. The smallest absolute Gasteiger partial charge is 0.219 e. The number of rotatable bonds is 6. The zero-order valence-electron chi connectivity index (χ0n) is 12.7. The maximum atomic E-state index is 5.93. The van der Waals surface area contributed by atoms with Gasteiger partial charge >= 0.3 is 0 Å². The van der Waals surface area contributed by atoms with Crippen LogP contribution < -0.4 is 10.1 Å². The molecule has 0 unspecified atom stereocenters. The summed E-state index contributed by atoms with van der Waals surface area (Å²) in [6.45, 7) is 5.04. The number of aryl methyl sites for hydroxylation is 2. The molecule has 3 heteroatoms. The number of hydrogen-bond donors (Lipinski definition) is 1. The van der Waals surface area contributed by atoms with Crippen molar-refractivity contribution in [2.45, 2.75) is 45.7 Å². The fourth-order valence-electron chi connectivity index (χ4n) is 2.36. The lowest BCUT2D eigenvalue weighted by Gasteiger charge is -2.10. The van der Waals surface area contributed by atoms with Gasteiger partial charge in [-0.3, -0.25) is 0 Å². The average Bonchev–Trinajstić information content (AvgIpc) is 3.29. The van der Waals surface area contributed by atoms with Gasteiger partial charge in [-0.05, 0) is 55.5 Å². The second kappa shape index (κ2) is 6.27. The predicted molar refractivity (Wildman–Crippen MR) is 84.7 cm³/mol. The predicted octanol–water partition coefficient (Wildman–Crippen LogP) is 4.00. The van der Waals surface area contributed by atoms with Crippen LogP contribution in [0.15, 0.2) is 36.4 Å². The molecule has 0 saturated heterocycles. The Kier molecular flexibility index (Phi) is 4.20. The van der Waals surface area contributed by atoms with Crippen molar-refractivity contribution in [3.8, 4) is 11.6 Å². The summed E-state index contributed by atoms with van der Waals surface area (Å²) in [4.78, 5) is 4.48. The maximum Gasteiger partial charge on any atom is 0.219 e. The lowest BCUT2D eigenvalue weighted by Crippen LogP contribution is -2.15. The number of aromatic nitrogens is 1. The van der Waals surface area contributed by atoms with E-state index in [9.17, 15) is 0 Å². The molecule has 1 heterocycles. The minimum atomic E-state index is 0.677. The summed E-state index contributed by atoms with van der Waals surface area (Å²) < 4.78 is 5.93. The fourth-order valence-corrected chi connectivity index (χ4v) is 2.36. The van der Waals surface area contributed by atoms with Crippen molar-refractivity contribution in [2.75, 3.05) is 0 Å². The fraction of sp³-hybridized carbons (Fsp3) is 0.389. The van der Waals surface area contributed by atoms with Gasteiger partial charge in [-0.1, -0.05) is 19.1 Å². The Balaban J connectivity index is 1.73. The Morgan fingerprint density at radius 2 is 2.05 bits per heavy atom. The van der Waals surface area contributed by atoms with Crippen molar-refractivity contribution < 1.29 is 4.74 Å². The minimum Gasteiger partial charge on any atom is -0.439 e. The Bertz CT molecular complexity index is 620. The zero-order valence-corrected chi connectivity index (χ0v) is 12.7. The van der Waals surface area contributed by atoms with E-state index in [1.807, 2.05) is 25.1 Å². The van der Waals surface area contributed by atoms with E-state index in [-0.39, 0.29) is 0 Å². The highest BCUT2D eigenvalue weighted by molar-refractivity contribution is 5.33. The summed E-state index contributed by atoms with van der Waals surface area (Å²) in [5, 5.41) is 3.53. The normalized spacial score (nSPS) is 14.2. The maximum absolute atomic E-state index is 5.93. The number of nitrogens with one attached hydrogen (secondary N) is 1. The van der Waals surface area contributed by atoms with Crippen LogP contribution in [0.3, 0.4) is 0 Å². The number of pyridine rings is 1. The third-order valence-corrected chi connectivity index (χ3v) is 3.69. The summed E-state index contributed by atoms with van der Waals surface area (Å²) in [7, 11) is 0. The van der Waals surface area contributed by atoms with E-state index in [4.69, 9.17) is 4.74 Å². The third kappa shape index (κ3) is 4.05. The van der Waals surface area contributed by atoms with E-state index in [1.54, 1.807) is 0 Å². The first-order chi connectivity index (χ1) is 10.2. The van der Waals surface area contributed by atoms with Crippen molar-refractivity contribution >= 4 is 0 Å². The van der Waals surface area contributed by atoms with Gasteiger partial charge in [0, 0.05) is 24.3 Å². The van der Waals surface area contributed by atoms with Gasteiger partial charge in [-0.2, -0.15) is 0 Å². The molecule has 3 nitrogen and oxygen atoms in total. The van der Waals surface area contributed by atoms with E-state index in [2.05, 4.69) is 35.4 Å². The Hall–Kier alpha value is -1.87. The van der Waals surface area contributed by atoms with Gasteiger partial charge in [-0.25, -0.2) is 4.98 Å². The minimum absolute atomic E-state index is 0.677. The number of nitrogens with zero attached hydrogens (tertiary/aromatic N) is 1. The SMILES string of the molecule is CCc1cccc(Oc2cc(CNC3CC3)cc(C)n2)c1. The first kappa shape index (κ1) is 14.1. The van der Waals surface area contributed by atoms with Gasteiger partial charge in [0.25, 0.3) is 0 Å². The number of benzene rings is 1. The monoisotopic (exact) mass is 282 g/mol. The molecule has 3 rings (SSSR count). The van der Waals surface area contributed by atoms with E-state index >= 15 is 0 Å². The molecule has 1 aliphatic carbocycles. The van der Waals surface area contributed by atoms with Crippen molar-refractivity contribution in [1.82, 2.24) is 10.3 Å². The lowest BCUT2D eigenvalue weighted by atomic mass is 10.2. The van der Waals surface area contributed by atoms with Crippen LogP contribution in [-0.2, 0) is 13.0 Å². The molecule has 1 fully saturated rings. The van der Waals surface area contributed by atoms with E-state index in [0.29, 0.717) is 11.9 Å². The van der Waals surface area contributed by atoms with Crippen LogP contribution in [0, 0.1) is 6.92 Å². The molecule has 21 heavy (non-hydrogen) atoms. The average molecular weight is 282 g/mol.